The largest absolute Gasteiger partial charge is 0.486 e. The lowest BCUT2D eigenvalue weighted by atomic mass is 9.83. The third-order valence-corrected chi connectivity index (χ3v) is 3.62. The topological polar surface area (TPSA) is 59.7 Å². The fourth-order valence-corrected chi connectivity index (χ4v) is 2.33. The Hall–Kier alpha value is -1.29. The molecular weight excluding hydrogens is 232 g/mol. The Morgan fingerprint density at radius 2 is 2.11 bits per heavy atom. The standard InChI is InChI=1S/C14H20O4/c1-10-2-4-11(5-3-10)8-18-14-9-17-12(7-15)6-13(14)16/h6,9-11,15H,2-5,7-8H2,1H3. The van der Waals surface area contributed by atoms with Crippen LogP contribution in [0.3, 0.4) is 0 Å². The summed E-state index contributed by atoms with van der Waals surface area (Å²) in [4.78, 5) is 11.6. The third kappa shape index (κ3) is 3.35. The molecule has 1 heterocycles. The number of rotatable bonds is 4. The highest BCUT2D eigenvalue weighted by Crippen LogP contribution is 2.28. The molecule has 1 N–H and O–H groups in total. The molecule has 1 saturated carbocycles. The first-order chi connectivity index (χ1) is 8.69. The summed E-state index contributed by atoms with van der Waals surface area (Å²) in [5.41, 5.74) is -0.227. The summed E-state index contributed by atoms with van der Waals surface area (Å²) in [5, 5.41) is 8.84. The smallest absolute Gasteiger partial charge is 0.227 e. The van der Waals surface area contributed by atoms with Gasteiger partial charge in [-0.3, -0.25) is 4.79 Å². The Bertz CT molecular complexity index is 430. The molecule has 0 unspecified atom stereocenters. The molecule has 0 radical (unpaired) electrons. The molecule has 18 heavy (non-hydrogen) atoms. The van der Waals surface area contributed by atoms with Gasteiger partial charge in [-0.1, -0.05) is 19.8 Å². The van der Waals surface area contributed by atoms with Gasteiger partial charge in [0, 0.05) is 6.07 Å². The molecule has 0 spiro atoms. The van der Waals surface area contributed by atoms with Gasteiger partial charge in [0.05, 0.1) is 6.61 Å². The van der Waals surface area contributed by atoms with Gasteiger partial charge in [-0.2, -0.15) is 0 Å². The van der Waals surface area contributed by atoms with E-state index >= 15 is 0 Å². The van der Waals surface area contributed by atoms with E-state index in [4.69, 9.17) is 14.3 Å². The van der Waals surface area contributed by atoms with Crippen LogP contribution in [0.25, 0.3) is 0 Å². The second-order valence-electron chi connectivity index (χ2n) is 5.17. The highest BCUT2D eigenvalue weighted by atomic mass is 16.5. The molecule has 0 aliphatic heterocycles. The van der Waals surface area contributed by atoms with Crippen LogP contribution in [0.5, 0.6) is 5.75 Å². The van der Waals surface area contributed by atoms with Gasteiger partial charge >= 0.3 is 0 Å². The SMILES string of the molecule is CC1CCC(COc2coc(CO)cc2=O)CC1. The molecule has 4 heteroatoms. The fraction of sp³-hybridized carbons (Fsp3) is 0.643. The highest BCUT2D eigenvalue weighted by Gasteiger charge is 2.19. The number of aliphatic hydroxyl groups excluding tert-OH is 1. The Morgan fingerprint density at radius 1 is 1.39 bits per heavy atom. The molecule has 0 atom stereocenters. The molecule has 1 aliphatic carbocycles. The van der Waals surface area contributed by atoms with Crippen molar-refractivity contribution in [1.29, 1.82) is 0 Å². The molecule has 2 rings (SSSR count). The van der Waals surface area contributed by atoms with Crippen LogP contribution in [0.2, 0.25) is 0 Å². The van der Waals surface area contributed by atoms with Gasteiger partial charge in [-0.05, 0) is 24.7 Å². The van der Waals surface area contributed by atoms with Gasteiger partial charge < -0.3 is 14.3 Å². The minimum Gasteiger partial charge on any atom is -0.486 e. The first kappa shape index (κ1) is 13.1. The molecule has 100 valence electrons. The molecule has 1 aromatic heterocycles. The lowest BCUT2D eigenvalue weighted by molar-refractivity contribution is 0.181. The second-order valence-corrected chi connectivity index (χ2v) is 5.17. The maximum Gasteiger partial charge on any atom is 0.227 e. The first-order valence-electron chi connectivity index (χ1n) is 6.54. The van der Waals surface area contributed by atoms with Crippen molar-refractivity contribution < 1.29 is 14.3 Å². The van der Waals surface area contributed by atoms with E-state index in [-0.39, 0.29) is 23.5 Å². The van der Waals surface area contributed by atoms with Gasteiger partial charge in [0.2, 0.25) is 11.2 Å². The summed E-state index contributed by atoms with van der Waals surface area (Å²) >= 11 is 0. The van der Waals surface area contributed by atoms with Crippen molar-refractivity contribution in [2.45, 2.75) is 39.2 Å². The molecule has 4 nitrogen and oxygen atoms in total. The molecular formula is C14H20O4. The van der Waals surface area contributed by atoms with Crippen molar-refractivity contribution in [1.82, 2.24) is 0 Å². The normalized spacial score (nSPS) is 23.9. The maximum atomic E-state index is 11.6. The minimum absolute atomic E-state index is 0.227. The van der Waals surface area contributed by atoms with E-state index in [1.165, 1.54) is 38.0 Å². The van der Waals surface area contributed by atoms with E-state index in [1.807, 2.05) is 0 Å². The number of hydrogen-bond acceptors (Lipinski definition) is 4. The lowest BCUT2D eigenvalue weighted by Crippen LogP contribution is -2.20. The summed E-state index contributed by atoms with van der Waals surface area (Å²) in [7, 11) is 0. The van der Waals surface area contributed by atoms with E-state index in [9.17, 15) is 4.79 Å². The van der Waals surface area contributed by atoms with Gasteiger partial charge in [-0.15, -0.1) is 0 Å². The van der Waals surface area contributed by atoms with Crippen molar-refractivity contribution in [3.8, 4) is 5.75 Å². The summed E-state index contributed by atoms with van der Waals surface area (Å²) in [6.45, 7) is 2.59. The Labute approximate surface area is 107 Å². The molecule has 0 saturated heterocycles. The lowest BCUT2D eigenvalue weighted by Gasteiger charge is -2.25. The van der Waals surface area contributed by atoms with Crippen molar-refractivity contribution in [3.63, 3.8) is 0 Å². The van der Waals surface area contributed by atoms with Crippen LogP contribution in [0.1, 0.15) is 38.4 Å². The number of hydrogen-bond donors (Lipinski definition) is 1. The summed E-state index contributed by atoms with van der Waals surface area (Å²) in [5.74, 6) is 1.86. The van der Waals surface area contributed by atoms with E-state index in [2.05, 4.69) is 6.92 Å². The predicted octanol–water partition coefficient (Wildman–Crippen LogP) is 2.34. The van der Waals surface area contributed by atoms with Crippen LogP contribution in [0.4, 0.5) is 0 Å². The van der Waals surface area contributed by atoms with Gasteiger partial charge in [0.1, 0.15) is 18.6 Å². The fourth-order valence-electron chi connectivity index (χ4n) is 2.33. The number of aliphatic hydroxyl groups is 1. The molecule has 1 aromatic rings. The van der Waals surface area contributed by atoms with E-state index in [1.54, 1.807) is 0 Å². The summed E-state index contributed by atoms with van der Waals surface area (Å²) in [6, 6.07) is 1.28. The summed E-state index contributed by atoms with van der Waals surface area (Å²) in [6.07, 6.45) is 6.11. The summed E-state index contributed by atoms with van der Waals surface area (Å²) < 4.78 is 10.6. The van der Waals surface area contributed by atoms with Crippen LogP contribution in [0.15, 0.2) is 21.5 Å². The zero-order chi connectivity index (χ0) is 13.0. The van der Waals surface area contributed by atoms with Crippen molar-refractivity contribution in [2.75, 3.05) is 6.61 Å². The molecule has 0 amide bonds. The molecule has 1 fully saturated rings. The average molecular weight is 252 g/mol. The predicted molar refractivity (Wildman–Crippen MR) is 67.5 cm³/mol. The van der Waals surface area contributed by atoms with Crippen LogP contribution < -0.4 is 10.2 Å². The van der Waals surface area contributed by atoms with Crippen molar-refractivity contribution >= 4 is 0 Å². The van der Waals surface area contributed by atoms with Crippen LogP contribution in [-0.2, 0) is 6.61 Å². The van der Waals surface area contributed by atoms with Crippen LogP contribution in [-0.4, -0.2) is 11.7 Å². The molecule has 1 aliphatic rings. The van der Waals surface area contributed by atoms with E-state index < -0.39 is 0 Å². The first-order valence-corrected chi connectivity index (χ1v) is 6.54. The highest BCUT2D eigenvalue weighted by molar-refractivity contribution is 5.17. The van der Waals surface area contributed by atoms with Gasteiger partial charge in [0.15, 0.2) is 0 Å². The molecule has 0 aromatic carbocycles. The third-order valence-electron chi connectivity index (χ3n) is 3.62. The maximum absolute atomic E-state index is 11.6. The van der Waals surface area contributed by atoms with E-state index in [0.717, 1.165) is 5.92 Å². The zero-order valence-corrected chi connectivity index (χ0v) is 10.7. The van der Waals surface area contributed by atoms with Crippen LogP contribution >= 0.6 is 0 Å². The monoisotopic (exact) mass is 252 g/mol. The Morgan fingerprint density at radius 3 is 2.72 bits per heavy atom. The van der Waals surface area contributed by atoms with Crippen molar-refractivity contribution in [2.24, 2.45) is 11.8 Å². The average Bonchev–Trinajstić information content (AvgIpc) is 2.39. The second kappa shape index (κ2) is 6.05. The Kier molecular flexibility index (Phi) is 4.42. The zero-order valence-electron chi connectivity index (χ0n) is 10.7. The molecule has 0 bridgehead atoms. The quantitative estimate of drug-likeness (QED) is 0.893. The van der Waals surface area contributed by atoms with E-state index in [0.29, 0.717) is 12.5 Å². The minimum atomic E-state index is -0.268. The van der Waals surface area contributed by atoms with Crippen LogP contribution in [0, 0.1) is 11.8 Å². The number of ether oxygens (including phenoxy) is 1. The van der Waals surface area contributed by atoms with Crippen molar-refractivity contribution in [3.05, 3.63) is 28.3 Å². The Balaban J connectivity index is 1.88. The van der Waals surface area contributed by atoms with Gasteiger partial charge in [-0.25, -0.2) is 0 Å². The van der Waals surface area contributed by atoms with Gasteiger partial charge in [0.25, 0.3) is 0 Å².